The minimum atomic E-state index is -0.471. The average molecular weight is 282 g/mol. The summed E-state index contributed by atoms with van der Waals surface area (Å²) < 4.78 is 6.58. The van der Waals surface area contributed by atoms with Crippen LogP contribution >= 0.6 is 0 Å². The van der Waals surface area contributed by atoms with Crippen molar-refractivity contribution in [3.8, 4) is 0 Å². The van der Waals surface area contributed by atoms with E-state index in [0.29, 0.717) is 25.3 Å². The maximum Gasteiger partial charge on any atom is 0.360 e. The fourth-order valence-corrected chi connectivity index (χ4v) is 1.83. The highest BCUT2D eigenvalue weighted by molar-refractivity contribution is 5.88. The summed E-state index contributed by atoms with van der Waals surface area (Å²) in [4.78, 5) is 25.0. The van der Waals surface area contributed by atoms with Crippen LogP contribution in [0, 0.1) is 0 Å². The van der Waals surface area contributed by atoms with Crippen LogP contribution < -0.4 is 0 Å². The van der Waals surface area contributed by atoms with Crippen LogP contribution in [-0.4, -0.2) is 52.5 Å². The van der Waals surface area contributed by atoms with E-state index in [2.05, 4.69) is 10.3 Å². The van der Waals surface area contributed by atoms with E-state index in [4.69, 9.17) is 4.74 Å². The molecule has 0 unspecified atom stereocenters. The molecule has 7 heteroatoms. The molecule has 1 rings (SSSR count). The molecule has 20 heavy (non-hydrogen) atoms. The lowest BCUT2D eigenvalue weighted by molar-refractivity contribution is -0.128. The predicted octanol–water partition coefficient (Wildman–Crippen LogP) is 1.06. The molecule has 0 aromatic carbocycles. The van der Waals surface area contributed by atoms with Gasteiger partial charge >= 0.3 is 5.97 Å². The number of esters is 1. The Bertz CT molecular complexity index is 480. The molecule has 1 heterocycles. The fourth-order valence-electron chi connectivity index (χ4n) is 1.83. The van der Waals surface area contributed by atoms with Gasteiger partial charge in [0.2, 0.25) is 5.91 Å². The van der Waals surface area contributed by atoms with Gasteiger partial charge in [0, 0.05) is 20.5 Å². The highest BCUT2D eigenvalue weighted by Gasteiger charge is 2.23. The van der Waals surface area contributed by atoms with Crippen LogP contribution in [0.2, 0.25) is 0 Å². The van der Waals surface area contributed by atoms with Crippen molar-refractivity contribution in [2.75, 3.05) is 20.7 Å². The molecule has 1 aromatic heterocycles. The number of rotatable bonds is 6. The number of ether oxygens (including phenoxy) is 1. The van der Waals surface area contributed by atoms with Gasteiger partial charge in [-0.05, 0) is 12.8 Å². The van der Waals surface area contributed by atoms with E-state index in [-0.39, 0.29) is 17.5 Å². The van der Waals surface area contributed by atoms with Crippen LogP contribution in [0.1, 0.15) is 49.3 Å². The summed E-state index contributed by atoms with van der Waals surface area (Å²) in [5.41, 5.74) is 0.939. The normalized spacial score (nSPS) is 10.7. The molecule has 1 amide bonds. The minimum absolute atomic E-state index is 0.00731. The van der Waals surface area contributed by atoms with Gasteiger partial charge in [0.25, 0.3) is 0 Å². The Hall–Kier alpha value is -1.92. The summed E-state index contributed by atoms with van der Waals surface area (Å²) in [5.74, 6) is -0.395. The molecule has 1 aromatic rings. The first-order chi connectivity index (χ1) is 9.38. The molecule has 0 aliphatic heterocycles. The molecule has 112 valence electrons. The van der Waals surface area contributed by atoms with Crippen molar-refractivity contribution in [3.05, 3.63) is 11.4 Å². The monoisotopic (exact) mass is 282 g/mol. The smallest absolute Gasteiger partial charge is 0.360 e. The van der Waals surface area contributed by atoms with Crippen LogP contribution in [0.5, 0.6) is 0 Å². The van der Waals surface area contributed by atoms with Crippen molar-refractivity contribution in [1.29, 1.82) is 0 Å². The van der Waals surface area contributed by atoms with Crippen molar-refractivity contribution in [2.45, 2.75) is 39.7 Å². The van der Waals surface area contributed by atoms with E-state index < -0.39 is 5.97 Å². The van der Waals surface area contributed by atoms with Gasteiger partial charge in [-0.25, -0.2) is 9.48 Å². The van der Waals surface area contributed by atoms with Crippen molar-refractivity contribution in [2.24, 2.45) is 0 Å². The lowest BCUT2D eigenvalue weighted by Gasteiger charge is -2.12. The molecule has 0 aliphatic rings. The molecule has 0 saturated carbocycles. The minimum Gasteiger partial charge on any atom is -0.461 e. The Morgan fingerprint density at radius 3 is 2.50 bits per heavy atom. The third-order valence-corrected chi connectivity index (χ3v) is 2.83. The second-order valence-corrected chi connectivity index (χ2v) is 4.96. The first-order valence-corrected chi connectivity index (χ1v) is 6.69. The standard InChI is InChI=1S/C13H22N4O3/c1-6-20-13(19)11-12(9(2)3)17(15-14-11)8-7-10(18)16(4)5/h9H,6-8H2,1-5H3. The van der Waals surface area contributed by atoms with Gasteiger partial charge in [0.05, 0.1) is 18.8 Å². The number of amides is 1. The van der Waals surface area contributed by atoms with E-state index in [1.807, 2.05) is 13.8 Å². The van der Waals surface area contributed by atoms with E-state index in [0.717, 1.165) is 0 Å². The number of carbonyl (C=O) groups excluding carboxylic acids is 2. The molecule has 0 fully saturated rings. The molecule has 0 radical (unpaired) electrons. The summed E-state index contributed by atoms with van der Waals surface area (Å²) >= 11 is 0. The number of hydrogen-bond acceptors (Lipinski definition) is 5. The maximum atomic E-state index is 11.8. The fraction of sp³-hybridized carbons (Fsp3) is 0.692. The van der Waals surface area contributed by atoms with Crippen molar-refractivity contribution < 1.29 is 14.3 Å². The molecular formula is C13H22N4O3. The second-order valence-electron chi connectivity index (χ2n) is 4.96. The zero-order valence-electron chi connectivity index (χ0n) is 12.7. The SMILES string of the molecule is CCOC(=O)c1nnn(CCC(=O)N(C)C)c1C(C)C. The van der Waals surface area contributed by atoms with Crippen LogP contribution in [-0.2, 0) is 16.1 Å². The zero-order chi connectivity index (χ0) is 15.3. The Kier molecular flexibility index (Phi) is 5.66. The van der Waals surface area contributed by atoms with E-state index in [1.54, 1.807) is 25.7 Å². The van der Waals surface area contributed by atoms with Gasteiger partial charge < -0.3 is 9.64 Å². The number of aryl methyl sites for hydroxylation is 1. The molecule has 0 N–H and O–H groups in total. The average Bonchev–Trinajstić information content (AvgIpc) is 2.79. The molecule has 0 atom stereocenters. The summed E-state index contributed by atoms with van der Waals surface area (Å²) in [6.45, 7) is 6.34. The Labute approximate surface area is 118 Å². The molecular weight excluding hydrogens is 260 g/mol. The zero-order valence-corrected chi connectivity index (χ0v) is 12.7. The van der Waals surface area contributed by atoms with E-state index >= 15 is 0 Å². The van der Waals surface area contributed by atoms with Crippen molar-refractivity contribution in [1.82, 2.24) is 19.9 Å². The van der Waals surface area contributed by atoms with Crippen molar-refractivity contribution >= 4 is 11.9 Å². The number of nitrogens with zero attached hydrogens (tertiary/aromatic N) is 4. The van der Waals surface area contributed by atoms with Gasteiger partial charge in [-0.2, -0.15) is 0 Å². The van der Waals surface area contributed by atoms with Gasteiger partial charge in [0.1, 0.15) is 0 Å². The number of carbonyl (C=O) groups is 2. The predicted molar refractivity (Wildman–Crippen MR) is 73.4 cm³/mol. The van der Waals surface area contributed by atoms with Crippen molar-refractivity contribution in [3.63, 3.8) is 0 Å². The Morgan fingerprint density at radius 1 is 1.35 bits per heavy atom. The van der Waals surface area contributed by atoms with Crippen LogP contribution in [0.25, 0.3) is 0 Å². The van der Waals surface area contributed by atoms with Gasteiger partial charge in [-0.1, -0.05) is 19.1 Å². The first-order valence-electron chi connectivity index (χ1n) is 6.69. The van der Waals surface area contributed by atoms with Crippen LogP contribution in [0.4, 0.5) is 0 Å². The van der Waals surface area contributed by atoms with Gasteiger partial charge in [0.15, 0.2) is 5.69 Å². The van der Waals surface area contributed by atoms with E-state index in [1.165, 1.54) is 4.90 Å². The Balaban J connectivity index is 2.92. The Morgan fingerprint density at radius 2 is 2.00 bits per heavy atom. The molecule has 0 spiro atoms. The lowest BCUT2D eigenvalue weighted by atomic mass is 10.1. The van der Waals surface area contributed by atoms with Crippen LogP contribution in [0.15, 0.2) is 0 Å². The summed E-state index contributed by atoms with van der Waals surface area (Å²) in [7, 11) is 3.41. The highest BCUT2D eigenvalue weighted by Crippen LogP contribution is 2.18. The lowest BCUT2D eigenvalue weighted by Crippen LogP contribution is -2.23. The van der Waals surface area contributed by atoms with Crippen LogP contribution in [0.3, 0.4) is 0 Å². The summed E-state index contributed by atoms with van der Waals surface area (Å²) in [6.07, 6.45) is 0.318. The quantitative estimate of drug-likeness (QED) is 0.729. The molecule has 7 nitrogen and oxygen atoms in total. The molecule has 0 bridgehead atoms. The maximum absolute atomic E-state index is 11.8. The van der Waals surface area contributed by atoms with Gasteiger partial charge in [-0.3, -0.25) is 4.79 Å². The summed E-state index contributed by atoms with van der Waals surface area (Å²) in [6, 6.07) is 0. The molecule has 0 aliphatic carbocycles. The van der Waals surface area contributed by atoms with Gasteiger partial charge in [-0.15, -0.1) is 5.10 Å². The summed E-state index contributed by atoms with van der Waals surface area (Å²) in [5, 5.41) is 7.86. The highest BCUT2D eigenvalue weighted by atomic mass is 16.5. The third-order valence-electron chi connectivity index (χ3n) is 2.83. The molecule has 0 saturated heterocycles. The van der Waals surface area contributed by atoms with E-state index in [9.17, 15) is 9.59 Å². The second kappa shape index (κ2) is 7.02. The third kappa shape index (κ3) is 3.79. The number of aromatic nitrogens is 3. The topological polar surface area (TPSA) is 77.3 Å². The first kappa shape index (κ1) is 16.1. The number of hydrogen-bond donors (Lipinski definition) is 0. The largest absolute Gasteiger partial charge is 0.461 e.